The average Bonchev–Trinajstić information content (AvgIpc) is 2.27. The minimum atomic E-state index is -0.539. The van der Waals surface area contributed by atoms with Crippen LogP contribution in [0.3, 0.4) is 0 Å². The van der Waals surface area contributed by atoms with Crippen LogP contribution < -0.4 is 5.32 Å². The van der Waals surface area contributed by atoms with Crippen molar-refractivity contribution in [2.45, 2.75) is 57.8 Å². The van der Waals surface area contributed by atoms with Gasteiger partial charge >= 0.3 is 6.09 Å². The summed E-state index contributed by atoms with van der Waals surface area (Å²) in [6.07, 6.45) is 2.00. The van der Waals surface area contributed by atoms with Gasteiger partial charge < -0.3 is 20.1 Å². The number of piperidine rings is 1. The molecule has 0 aliphatic carbocycles. The van der Waals surface area contributed by atoms with Gasteiger partial charge in [0.2, 0.25) is 0 Å². The normalized spacial score (nSPS) is 22.7. The van der Waals surface area contributed by atoms with Gasteiger partial charge in [0.25, 0.3) is 0 Å². The monoisotopic (exact) mass is 258 g/mol. The topological polar surface area (TPSA) is 61.8 Å². The molecular weight excluding hydrogens is 232 g/mol. The van der Waals surface area contributed by atoms with E-state index in [4.69, 9.17) is 4.74 Å². The van der Waals surface area contributed by atoms with Crippen LogP contribution in [0.5, 0.6) is 0 Å². The van der Waals surface area contributed by atoms with Crippen molar-refractivity contribution in [3.8, 4) is 0 Å². The summed E-state index contributed by atoms with van der Waals surface area (Å²) in [5.74, 6) is 0. The quantitative estimate of drug-likeness (QED) is 0.802. The summed E-state index contributed by atoms with van der Waals surface area (Å²) in [4.78, 5) is 13.8. The zero-order valence-corrected chi connectivity index (χ0v) is 11.9. The fourth-order valence-corrected chi connectivity index (χ4v) is 2.25. The highest BCUT2D eigenvalue weighted by Gasteiger charge is 2.34. The van der Waals surface area contributed by atoms with Crippen molar-refractivity contribution in [3.05, 3.63) is 0 Å². The molecule has 0 aromatic heterocycles. The number of aliphatic hydroxyl groups is 1. The van der Waals surface area contributed by atoms with Crippen LogP contribution in [0.15, 0.2) is 0 Å². The van der Waals surface area contributed by atoms with E-state index in [2.05, 4.69) is 5.32 Å². The third-order valence-corrected chi connectivity index (χ3v) is 3.03. The first-order valence-electron chi connectivity index (χ1n) is 6.67. The summed E-state index contributed by atoms with van der Waals surface area (Å²) in [6, 6.07) is -0.138. The predicted molar refractivity (Wildman–Crippen MR) is 70.5 cm³/mol. The van der Waals surface area contributed by atoms with Crippen LogP contribution in [0.25, 0.3) is 0 Å². The molecule has 1 aliphatic heterocycles. The number of likely N-dealkylation sites (tertiary alicyclic amines) is 1. The maximum Gasteiger partial charge on any atom is 0.410 e. The van der Waals surface area contributed by atoms with Gasteiger partial charge in [0.05, 0.1) is 12.1 Å². The Balaban J connectivity index is 2.67. The molecule has 5 nitrogen and oxygen atoms in total. The Hall–Kier alpha value is -0.810. The molecule has 2 unspecified atom stereocenters. The van der Waals surface area contributed by atoms with Crippen LogP contribution in [-0.2, 0) is 4.74 Å². The maximum atomic E-state index is 12.1. The lowest BCUT2D eigenvalue weighted by Gasteiger charge is -2.39. The second kappa shape index (κ2) is 6.38. The van der Waals surface area contributed by atoms with Crippen LogP contribution in [-0.4, -0.2) is 54.0 Å². The summed E-state index contributed by atoms with van der Waals surface area (Å²) >= 11 is 0. The van der Waals surface area contributed by atoms with Crippen LogP contribution in [0.1, 0.15) is 40.0 Å². The van der Waals surface area contributed by atoms with E-state index in [0.717, 1.165) is 19.3 Å². The molecular formula is C13H26N2O3. The van der Waals surface area contributed by atoms with Crippen molar-refractivity contribution in [1.82, 2.24) is 10.2 Å². The SMILES string of the molecule is CNCC(O)C1CCCCN1C(=O)OC(C)(C)C. The van der Waals surface area contributed by atoms with E-state index < -0.39 is 11.7 Å². The van der Waals surface area contributed by atoms with E-state index in [9.17, 15) is 9.90 Å². The molecule has 0 aromatic carbocycles. The third kappa shape index (κ3) is 4.46. The van der Waals surface area contributed by atoms with Gasteiger partial charge in [-0.2, -0.15) is 0 Å². The van der Waals surface area contributed by atoms with Crippen molar-refractivity contribution in [2.24, 2.45) is 0 Å². The summed E-state index contributed by atoms with van der Waals surface area (Å²) in [5.41, 5.74) is -0.493. The van der Waals surface area contributed by atoms with Gasteiger partial charge in [-0.25, -0.2) is 4.79 Å². The van der Waals surface area contributed by atoms with Crippen molar-refractivity contribution >= 4 is 6.09 Å². The molecule has 0 spiro atoms. The number of carbonyl (C=O) groups is 1. The van der Waals surface area contributed by atoms with Crippen molar-refractivity contribution in [1.29, 1.82) is 0 Å². The maximum absolute atomic E-state index is 12.1. The zero-order chi connectivity index (χ0) is 13.8. The first-order valence-corrected chi connectivity index (χ1v) is 6.67. The number of ether oxygens (including phenoxy) is 1. The molecule has 1 heterocycles. The predicted octanol–water partition coefficient (Wildman–Crippen LogP) is 1.36. The van der Waals surface area contributed by atoms with E-state index in [1.165, 1.54) is 0 Å². The molecule has 2 atom stereocenters. The van der Waals surface area contributed by atoms with Crippen LogP contribution in [0.4, 0.5) is 4.79 Å². The van der Waals surface area contributed by atoms with Gasteiger partial charge in [0.1, 0.15) is 5.60 Å². The molecule has 0 saturated carbocycles. The molecule has 0 bridgehead atoms. The van der Waals surface area contributed by atoms with Crippen LogP contribution in [0.2, 0.25) is 0 Å². The standard InChI is InChI=1S/C13H26N2O3/c1-13(2,3)18-12(17)15-8-6-5-7-10(15)11(16)9-14-4/h10-11,14,16H,5-9H2,1-4H3. The van der Waals surface area contributed by atoms with Gasteiger partial charge in [-0.3, -0.25) is 0 Å². The zero-order valence-electron chi connectivity index (χ0n) is 11.9. The van der Waals surface area contributed by atoms with Crippen LogP contribution in [0, 0.1) is 0 Å². The molecule has 0 aromatic rings. The fraction of sp³-hybridized carbons (Fsp3) is 0.923. The Labute approximate surface area is 109 Å². The van der Waals surface area contributed by atoms with Gasteiger partial charge in [0.15, 0.2) is 0 Å². The Morgan fingerprint density at radius 3 is 2.72 bits per heavy atom. The van der Waals surface area contributed by atoms with Crippen molar-refractivity contribution < 1.29 is 14.6 Å². The molecule has 1 fully saturated rings. The summed E-state index contributed by atoms with van der Waals surface area (Å²) in [5, 5.41) is 13.0. The first kappa shape index (κ1) is 15.2. The number of amides is 1. The van der Waals surface area contributed by atoms with E-state index in [1.807, 2.05) is 20.8 Å². The van der Waals surface area contributed by atoms with Crippen molar-refractivity contribution in [3.63, 3.8) is 0 Å². The minimum absolute atomic E-state index is 0.138. The number of hydrogen-bond donors (Lipinski definition) is 2. The number of hydrogen-bond acceptors (Lipinski definition) is 4. The first-order chi connectivity index (χ1) is 8.35. The number of carbonyl (C=O) groups excluding carboxylic acids is 1. The summed E-state index contributed by atoms with van der Waals surface area (Å²) < 4.78 is 5.39. The molecule has 0 radical (unpaired) electrons. The van der Waals surface area contributed by atoms with Gasteiger partial charge in [-0.05, 0) is 47.1 Å². The van der Waals surface area contributed by atoms with Crippen LogP contribution >= 0.6 is 0 Å². The highest BCUT2D eigenvalue weighted by Crippen LogP contribution is 2.22. The van der Waals surface area contributed by atoms with E-state index in [1.54, 1.807) is 11.9 Å². The second-order valence-electron chi connectivity index (χ2n) is 5.86. The highest BCUT2D eigenvalue weighted by atomic mass is 16.6. The number of nitrogens with one attached hydrogen (secondary N) is 1. The molecule has 2 N–H and O–H groups in total. The lowest BCUT2D eigenvalue weighted by Crippen LogP contribution is -2.53. The Bertz CT molecular complexity index is 276. The third-order valence-electron chi connectivity index (χ3n) is 3.03. The largest absolute Gasteiger partial charge is 0.444 e. The molecule has 1 rings (SSSR count). The van der Waals surface area contributed by atoms with E-state index in [-0.39, 0.29) is 12.1 Å². The molecule has 18 heavy (non-hydrogen) atoms. The average molecular weight is 258 g/mol. The Morgan fingerprint density at radius 2 is 2.17 bits per heavy atom. The lowest BCUT2D eigenvalue weighted by molar-refractivity contribution is -0.0155. The smallest absolute Gasteiger partial charge is 0.410 e. The number of likely N-dealkylation sites (N-methyl/N-ethyl adjacent to an activating group) is 1. The Kier molecular flexibility index (Phi) is 5.41. The fourth-order valence-electron chi connectivity index (χ4n) is 2.25. The van der Waals surface area contributed by atoms with Gasteiger partial charge in [-0.1, -0.05) is 0 Å². The van der Waals surface area contributed by atoms with E-state index in [0.29, 0.717) is 13.1 Å². The number of rotatable bonds is 3. The van der Waals surface area contributed by atoms with E-state index >= 15 is 0 Å². The Morgan fingerprint density at radius 1 is 1.50 bits per heavy atom. The molecule has 1 amide bonds. The molecule has 106 valence electrons. The minimum Gasteiger partial charge on any atom is -0.444 e. The number of nitrogens with zero attached hydrogens (tertiary/aromatic N) is 1. The van der Waals surface area contributed by atoms with Crippen molar-refractivity contribution in [2.75, 3.05) is 20.1 Å². The van der Waals surface area contributed by atoms with Gasteiger partial charge in [0, 0.05) is 13.1 Å². The summed E-state index contributed by atoms with van der Waals surface area (Å²) in [7, 11) is 1.80. The second-order valence-corrected chi connectivity index (χ2v) is 5.86. The van der Waals surface area contributed by atoms with Gasteiger partial charge in [-0.15, -0.1) is 0 Å². The summed E-state index contributed by atoms with van der Waals surface area (Å²) in [6.45, 7) is 6.72. The number of aliphatic hydroxyl groups excluding tert-OH is 1. The lowest BCUT2D eigenvalue weighted by atomic mass is 9.97. The molecule has 1 aliphatic rings. The molecule has 1 saturated heterocycles. The highest BCUT2D eigenvalue weighted by molar-refractivity contribution is 5.68. The molecule has 5 heteroatoms.